The molecule has 0 radical (unpaired) electrons. The molecular formula is C16H38O4Si2. The Morgan fingerprint density at radius 2 is 1.00 bits per heavy atom. The van der Waals surface area contributed by atoms with Gasteiger partial charge in [-0.2, -0.15) is 0 Å². The van der Waals surface area contributed by atoms with Crippen LogP contribution in [-0.2, 0) is 17.7 Å². The molecule has 0 aromatic heterocycles. The molecule has 6 heteroatoms. The highest BCUT2D eigenvalue weighted by atomic mass is 28.4. The third-order valence-electron chi connectivity index (χ3n) is 4.98. The Hall–Kier alpha value is 0.274. The molecule has 0 spiro atoms. The van der Waals surface area contributed by atoms with Gasteiger partial charge in [0.05, 0.1) is 0 Å². The van der Waals surface area contributed by atoms with E-state index in [1.165, 1.54) is 44.9 Å². The number of rotatable bonds is 14. The van der Waals surface area contributed by atoms with Crippen LogP contribution < -0.4 is 0 Å². The van der Waals surface area contributed by atoms with Crippen LogP contribution in [0.4, 0.5) is 0 Å². The van der Waals surface area contributed by atoms with Gasteiger partial charge in [0, 0.05) is 33.6 Å². The van der Waals surface area contributed by atoms with E-state index in [9.17, 15) is 0 Å². The zero-order valence-electron chi connectivity index (χ0n) is 15.9. The van der Waals surface area contributed by atoms with Gasteiger partial charge >= 0.3 is 17.1 Å². The van der Waals surface area contributed by atoms with Crippen LogP contribution in [0.15, 0.2) is 0 Å². The summed E-state index contributed by atoms with van der Waals surface area (Å²) in [5.74, 6) is 0. The molecule has 0 saturated heterocycles. The minimum Gasteiger partial charge on any atom is -0.398 e. The van der Waals surface area contributed by atoms with E-state index in [4.69, 9.17) is 17.7 Å². The maximum atomic E-state index is 5.80. The molecule has 0 aromatic carbocycles. The van der Waals surface area contributed by atoms with Crippen molar-refractivity contribution in [3.8, 4) is 0 Å². The first-order valence-corrected chi connectivity index (χ1v) is 13.4. The summed E-state index contributed by atoms with van der Waals surface area (Å²) in [5.41, 5.74) is 0. The molecule has 0 aliphatic rings. The summed E-state index contributed by atoms with van der Waals surface area (Å²) in [7, 11) is 2.48. The normalized spacial score (nSPS) is 13.1. The second kappa shape index (κ2) is 11.8. The lowest BCUT2D eigenvalue weighted by molar-refractivity contribution is 0.206. The minimum atomic E-state index is -2.27. The Bertz CT molecular complexity index is 251. The molecule has 134 valence electrons. The third-order valence-corrected chi connectivity index (χ3v) is 14.5. The van der Waals surface area contributed by atoms with Crippen LogP contribution in [0.2, 0.25) is 18.3 Å². The minimum absolute atomic E-state index is 0.278. The van der Waals surface area contributed by atoms with E-state index < -0.39 is 17.1 Å². The van der Waals surface area contributed by atoms with Crippen molar-refractivity contribution >= 4 is 17.1 Å². The van der Waals surface area contributed by atoms with Gasteiger partial charge in [-0.15, -0.1) is 0 Å². The summed E-state index contributed by atoms with van der Waals surface area (Å²) in [6.45, 7) is 6.51. The molecule has 0 saturated carbocycles. The molecule has 0 amide bonds. The molecule has 0 atom stereocenters. The molecular weight excluding hydrogens is 312 g/mol. The van der Waals surface area contributed by atoms with E-state index >= 15 is 0 Å². The van der Waals surface area contributed by atoms with Gasteiger partial charge in [0.2, 0.25) is 0 Å². The third kappa shape index (κ3) is 6.80. The van der Waals surface area contributed by atoms with E-state index in [2.05, 4.69) is 20.0 Å². The van der Waals surface area contributed by atoms with Gasteiger partial charge in [-0.3, -0.25) is 0 Å². The van der Waals surface area contributed by atoms with Crippen LogP contribution >= 0.6 is 0 Å². The Kier molecular flexibility index (Phi) is 11.9. The fourth-order valence-electron chi connectivity index (χ4n) is 3.04. The standard InChI is InChI=1S/C16H38O4Si2/c1-8-9-10-11-12-13-14-15-16(21(6,17-2)18-3)22(7,19-4)20-5/h16H,8-15H2,1-7H3. The van der Waals surface area contributed by atoms with Crippen LogP contribution in [-0.4, -0.2) is 45.6 Å². The maximum Gasteiger partial charge on any atom is 0.339 e. The Labute approximate surface area is 140 Å². The van der Waals surface area contributed by atoms with Gasteiger partial charge in [-0.1, -0.05) is 51.9 Å². The van der Waals surface area contributed by atoms with Crippen molar-refractivity contribution in [3.05, 3.63) is 0 Å². The SMILES string of the molecule is CCCCCCCCCC([Si](C)(OC)OC)[Si](C)(OC)OC. The highest BCUT2D eigenvalue weighted by molar-refractivity contribution is 6.87. The van der Waals surface area contributed by atoms with Gasteiger partial charge < -0.3 is 17.7 Å². The summed E-state index contributed by atoms with van der Waals surface area (Å²) in [5, 5.41) is 0.278. The Morgan fingerprint density at radius 3 is 1.36 bits per heavy atom. The average Bonchev–Trinajstić information content (AvgIpc) is 2.56. The van der Waals surface area contributed by atoms with Crippen molar-refractivity contribution in [1.29, 1.82) is 0 Å². The highest BCUT2D eigenvalue weighted by Gasteiger charge is 2.53. The summed E-state index contributed by atoms with van der Waals surface area (Å²) in [6.07, 6.45) is 10.2. The summed E-state index contributed by atoms with van der Waals surface area (Å²) < 4.78 is 23.2. The second-order valence-corrected chi connectivity index (χ2v) is 14.0. The summed E-state index contributed by atoms with van der Waals surface area (Å²) in [6, 6.07) is 0. The molecule has 0 aliphatic carbocycles. The molecule has 0 bridgehead atoms. The van der Waals surface area contributed by atoms with E-state index in [0.717, 1.165) is 6.42 Å². The van der Waals surface area contributed by atoms with Crippen molar-refractivity contribution in [2.45, 2.75) is 76.5 Å². The summed E-state index contributed by atoms with van der Waals surface area (Å²) in [4.78, 5) is 0. The van der Waals surface area contributed by atoms with Crippen molar-refractivity contribution in [1.82, 2.24) is 0 Å². The van der Waals surface area contributed by atoms with E-state index in [-0.39, 0.29) is 5.16 Å². The molecule has 4 nitrogen and oxygen atoms in total. The number of hydrogen-bond donors (Lipinski definition) is 0. The first-order chi connectivity index (χ1) is 10.4. The van der Waals surface area contributed by atoms with Crippen LogP contribution in [0.1, 0.15) is 58.3 Å². The first-order valence-electron chi connectivity index (χ1n) is 8.64. The molecule has 0 N–H and O–H groups in total. The van der Waals surface area contributed by atoms with Gasteiger partial charge in [0.25, 0.3) is 0 Å². The van der Waals surface area contributed by atoms with Crippen molar-refractivity contribution in [3.63, 3.8) is 0 Å². The smallest absolute Gasteiger partial charge is 0.339 e. The van der Waals surface area contributed by atoms with E-state index in [1.54, 1.807) is 28.4 Å². The van der Waals surface area contributed by atoms with E-state index in [0.29, 0.717) is 0 Å². The fourth-order valence-corrected chi connectivity index (χ4v) is 11.2. The molecule has 0 unspecified atom stereocenters. The van der Waals surface area contributed by atoms with Crippen LogP contribution in [0.3, 0.4) is 0 Å². The summed E-state index contributed by atoms with van der Waals surface area (Å²) >= 11 is 0. The quantitative estimate of drug-likeness (QED) is 0.334. The Balaban J connectivity index is 4.56. The molecule has 0 aliphatic heterocycles. The molecule has 0 heterocycles. The van der Waals surface area contributed by atoms with Crippen LogP contribution in [0.5, 0.6) is 0 Å². The molecule has 0 rings (SSSR count). The zero-order valence-corrected chi connectivity index (χ0v) is 17.9. The molecule has 0 fully saturated rings. The topological polar surface area (TPSA) is 36.9 Å². The van der Waals surface area contributed by atoms with Crippen LogP contribution in [0, 0.1) is 0 Å². The Morgan fingerprint density at radius 1 is 0.636 bits per heavy atom. The number of hydrogen-bond acceptors (Lipinski definition) is 4. The van der Waals surface area contributed by atoms with Gasteiger partial charge in [-0.05, 0) is 19.5 Å². The monoisotopic (exact) mass is 350 g/mol. The van der Waals surface area contributed by atoms with Gasteiger partial charge in [0.1, 0.15) is 0 Å². The molecule has 0 aromatic rings. The highest BCUT2D eigenvalue weighted by Crippen LogP contribution is 2.38. The van der Waals surface area contributed by atoms with Gasteiger partial charge in [0.15, 0.2) is 0 Å². The predicted molar refractivity (Wildman–Crippen MR) is 97.6 cm³/mol. The largest absolute Gasteiger partial charge is 0.398 e. The first kappa shape index (κ1) is 22.3. The lowest BCUT2D eigenvalue weighted by atomic mass is 10.1. The van der Waals surface area contributed by atoms with Crippen molar-refractivity contribution in [2.24, 2.45) is 0 Å². The maximum absolute atomic E-state index is 5.80. The fraction of sp³-hybridized carbons (Fsp3) is 1.00. The van der Waals surface area contributed by atoms with Crippen molar-refractivity contribution < 1.29 is 17.7 Å². The van der Waals surface area contributed by atoms with Crippen molar-refractivity contribution in [2.75, 3.05) is 28.4 Å². The van der Waals surface area contributed by atoms with E-state index in [1.807, 2.05) is 0 Å². The van der Waals surface area contributed by atoms with Crippen LogP contribution in [0.25, 0.3) is 0 Å². The lowest BCUT2D eigenvalue weighted by Gasteiger charge is -2.40. The van der Waals surface area contributed by atoms with Gasteiger partial charge in [-0.25, -0.2) is 0 Å². The average molecular weight is 351 g/mol. The number of unbranched alkanes of at least 4 members (excludes halogenated alkanes) is 6. The lowest BCUT2D eigenvalue weighted by Crippen LogP contribution is -2.56. The molecule has 22 heavy (non-hydrogen) atoms. The zero-order chi connectivity index (χ0) is 17.1. The predicted octanol–water partition coefficient (Wildman–Crippen LogP) is 4.77. The second-order valence-electron chi connectivity index (χ2n) is 6.31.